The molecule has 0 saturated heterocycles. The molecule has 6 nitrogen and oxygen atoms in total. The van der Waals surface area contributed by atoms with Gasteiger partial charge in [0.15, 0.2) is 11.5 Å². The number of hydrogen-bond acceptors (Lipinski definition) is 6. The second-order valence-corrected chi connectivity index (χ2v) is 4.53. The first kappa shape index (κ1) is 18.1. The SMILES string of the molecule is C=CC.CC(=O)/C(O)=C(\N)c1nnc(Cc2ccc(F)cc2)o1. The first-order valence-corrected chi connectivity index (χ1v) is 6.72. The summed E-state index contributed by atoms with van der Waals surface area (Å²) in [5.41, 5.74) is 6.04. The number of aliphatic hydroxyl groups excluding tert-OH is 1. The van der Waals surface area contributed by atoms with Gasteiger partial charge in [0.2, 0.25) is 5.89 Å². The maximum atomic E-state index is 12.8. The Kier molecular flexibility index (Phi) is 6.67. The van der Waals surface area contributed by atoms with E-state index in [0.717, 1.165) is 12.5 Å². The molecule has 122 valence electrons. The van der Waals surface area contributed by atoms with Crippen molar-refractivity contribution in [2.45, 2.75) is 20.3 Å². The summed E-state index contributed by atoms with van der Waals surface area (Å²) < 4.78 is 18.0. The third-order valence-electron chi connectivity index (χ3n) is 2.55. The molecule has 2 aromatic rings. The molecule has 2 rings (SSSR count). The van der Waals surface area contributed by atoms with Crippen molar-refractivity contribution >= 4 is 11.5 Å². The smallest absolute Gasteiger partial charge is 0.267 e. The zero-order chi connectivity index (χ0) is 17.4. The molecule has 0 amide bonds. The molecule has 3 N–H and O–H groups in total. The average molecular weight is 319 g/mol. The number of benzene rings is 1. The fourth-order valence-corrected chi connectivity index (χ4v) is 1.50. The van der Waals surface area contributed by atoms with Gasteiger partial charge in [0.05, 0.1) is 6.42 Å². The van der Waals surface area contributed by atoms with Crippen LogP contribution in [0.4, 0.5) is 4.39 Å². The number of rotatable bonds is 4. The van der Waals surface area contributed by atoms with E-state index in [2.05, 4.69) is 16.8 Å². The summed E-state index contributed by atoms with van der Waals surface area (Å²) in [6.45, 7) is 6.41. The van der Waals surface area contributed by atoms with E-state index < -0.39 is 11.5 Å². The van der Waals surface area contributed by atoms with E-state index in [1.165, 1.54) is 12.1 Å². The lowest BCUT2D eigenvalue weighted by Crippen LogP contribution is -2.07. The van der Waals surface area contributed by atoms with Crippen molar-refractivity contribution in [1.82, 2.24) is 10.2 Å². The number of carbonyl (C=O) groups is 1. The highest BCUT2D eigenvalue weighted by molar-refractivity contribution is 5.97. The zero-order valence-corrected chi connectivity index (χ0v) is 12.9. The Hall–Kier alpha value is -2.96. The van der Waals surface area contributed by atoms with Gasteiger partial charge in [-0.2, -0.15) is 0 Å². The Morgan fingerprint density at radius 3 is 2.48 bits per heavy atom. The quantitative estimate of drug-likeness (QED) is 0.510. The van der Waals surface area contributed by atoms with Crippen LogP contribution in [-0.2, 0) is 11.2 Å². The van der Waals surface area contributed by atoms with E-state index in [-0.39, 0.29) is 23.3 Å². The van der Waals surface area contributed by atoms with Crippen molar-refractivity contribution in [2.24, 2.45) is 5.73 Å². The molecule has 0 bridgehead atoms. The number of Topliss-reactive ketones (excluding diaryl/α,β-unsaturated/α-hetero) is 1. The molecule has 0 atom stereocenters. The minimum absolute atomic E-state index is 0.130. The molecule has 1 heterocycles. The van der Waals surface area contributed by atoms with Crippen LogP contribution in [0.2, 0.25) is 0 Å². The lowest BCUT2D eigenvalue weighted by Gasteiger charge is -1.98. The van der Waals surface area contributed by atoms with Gasteiger partial charge in [-0.05, 0) is 24.6 Å². The number of halogens is 1. The van der Waals surface area contributed by atoms with Gasteiger partial charge in [-0.25, -0.2) is 4.39 Å². The molecule has 0 fully saturated rings. The fraction of sp³-hybridized carbons (Fsp3) is 0.188. The lowest BCUT2D eigenvalue weighted by molar-refractivity contribution is -0.115. The summed E-state index contributed by atoms with van der Waals surface area (Å²) in [7, 11) is 0. The van der Waals surface area contributed by atoms with Gasteiger partial charge in [0, 0.05) is 6.92 Å². The fourth-order valence-electron chi connectivity index (χ4n) is 1.50. The number of nitrogens with zero attached hydrogens (tertiary/aromatic N) is 2. The Morgan fingerprint density at radius 2 is 1.96 bits per heavy atom. The van der Waals surface area contributed by atoms with Crippen molar-refractivity contribution in [3.63, 3.8) is 0 Å². The van der Waals surface area contributed by atoms with Crippen molar-refractivity contribution in [2.75, 3.05) is 0 Å². The molecule has 7 heteroatoms. The van der Waals surface area contributed by atoms with Crippen LogP contribution in [0.25, 0.3) is 5.70 Å². The highest BCUT2D eigenvalue weighted by Crippen LogP contribution is 2.14. The highest BCUT2D eigenvalue weighted by Gasteiger charge is 2.15. The maximum Gasteiger partial charge on any atom is 0.267 e. The monoisotopic (exact) mass is 319 g/mol. The van der Waals surface area contributed by atoms with Gasteiger partial charge >= 0.3 is 0 Å². The topological polar surface area (TPSA) is 102 Å². The number of carbonyl (C=O) groups excluding carboxylic acids is 1. The average Bonchev–Trinajstić information content (AvgIpc) is 2.97. The van der Waals surface area contributed by atoms with Crippen LogP contribution in [0.5, 0.6) is 0 Å². The van der Waals surface area contributed by atoms with Crippen molar-refractivity contribution in [3.8, 4) is 0 Å². The van der Waals surface area contributed by atoms with Crippen LogP contribution in [0.15, 0.2) is 47.1 Å². The van der Waals surface area contributed by atoms with E-state index in [9.17, 15) is 14.3 Å². The summed E-state index contributed by atoms with van der Waals surface area (Å²) >= 11 is 0. The third kappa shape index (κ3) is 5.39. The molecular weight excluding hydrogens is 301 g/mol. The van der Waals surface area contributed by atoms with Gasteiger partial charge in [-0.1, -0.05) is 18.2 Å². The molecule has 1 aromatic carbocycles. The summed E-state index contributed by atoms with van der Waals surface area (Å²) in [6, 6.07) is 5.82. The number of ketones is 1. The normalized spacial score (nSPS) is 11.1. The van der Waals surface area contributed by atoms with Crippen molar-refractivity contribution in [3.05, 3.63) is 65.8 Å². The van der Waals surface area contributed by atoms with Gasteiger partial charge in [-0.3, -0.25) is 4.79 Å². The Bertz CT molecular complexity index is 706. The Labute approximate surface area is 133 Å². The second-order valence-electron chi connectivity index (χ2n) is 4.53. The van der Waals surface area contributed by atoms with Gasteiger partial charge in [0.1, 0.15) is 11.5 Å². The number of allylic oxidation sites excluding steroid dienone is 2. The largest absolute Gasteiger partial charge is 0.503 e. The second kappa shape index (κ2) is 8.47. The van der Waals surface area contributed by atoms with E-state index >= 15 is 0 Å². The molecule has 1 aromatic heterocycles. The van der Waals surface area contributed by atoms with Gasteiger partial charge in [0.25, 0.3) is 5.89 Å². The van der Waals surface area contributed by atoms with Gasteiger partial charge < -0.3 is 15.3 Å². The van der Waals surface area contributed by atoms with Crippen LogP contribution >= 0.6 is 0 Å². The minimum atomic E-state index is -0.623. The summed E-state index contributed by atoms with van der Waals surface area (Å²) in [4.78, 5) is 11.0. The highest BCUT2D eigenvalue weighted by atomic mass is 19.1. The van der Waals surface area contributed by atoms with Crippen molar-refractivity contribution in [1.29, 1.82) is 0 Å². The van der Waals surface area contributed by atoms with E-state index in [1.807, 2.05) is 6.92 Å². The van der Waals surface area contributed by atoms with Crippen LogP contribution in [0.3, 0.4) is 0 Å². The number of aromatic nitrogens is 2. The van der Waals surface area contributed by atoms with E-state index in [4.69, 9.17) is 10.2 Å². The maximum absolute atomic E-state index is 12.8. The zero-order valence-electron chi connectivity index (χ0n) is 12.9. The third-order valence-corrected chi connectivity index (χ3v) is 2.55. The Morgan fingerprint density at radius 1 is 1.39 bits per heavy atom. The number of aliphatic hydroxyl groups is 1. The van der Waals surface area contributed by atoms with E-state index in [0.29, 0.717) is 6.42 Å². The molecule has 0 spiro atoms. The van der Waals surface area contributed by atoms with Crippen molar-refractivity contribution < 1.29 is 18.7 Å². The number of hydrogen-bond donors (Lipinski definition) is 2. The van der Waals surface area contributed by atoms with Crippen LogP contribution in [0.1, 0.15) is 31.2 Å². The van der Waals surface area contributed by atoms with Gasteiger partial charge in [-0.15, -0.1) is 16.8 Å². The lowest BCUT2D eigenvalue weighted by atomic mass is 10.1. The summed E-state index contributed by atoms with van der Waals surface area (Å²) in [6.07, 6.45) is 2.04. The van der Waals surface area contributed by atoms with Crippen LogP contribution in [-0.4, -0.2) is 21.1 Å². The Balaban J connectivity index is 0.000000816. The number of nitrogens with two attached hydrogens (primary N) is 1. The first-order chi connectivity index (χ1) is 10.9. The first-order valence-electron chi connectivity index (χ1n) is 6.72. The molecule has 0 unspecified atom stereocenters. The molecular formula is C16H18FN3O3. The predicted molar refractivity (Wildman–Crippen MR) is 83.8 cm³/mol. The minimum Gasteiger partial charge on any atom is -0.503 e. The predicted octanol–water partition coefficient (Wildman–Crippen LogP) is 2.77. The molecule has 0 saturated carbocycles. The summed E-state index contributed by atoms with van der Waals surface area (Å²) in [5, 5.41) is 16.8. The van der Waals surface area contributed by atoms with Crippen LogP contribution < -0.4 is 5.73 Å². The van der Waals surface area contributed by atoms with Crippen LogP contribution in [0, 0.1) is 5.82 Å². The van der Waals surface area contributed by atoms with E-state index in [1.54, 1.807) is 18.2 Å². The molecule has 0 aliphatic rings. The molecule has 0 radical (unpaired) electrons. The summed E-state index contributed by atoms with van der Waals surface area (Å²) in [5.74, 6) is -1.44. The molecule has 0 aliphatic carbocycles. The standard InChI is InChI=1S/C13H12FN3O3.C3H6/c1-7(18)12(19)11(15)13-17-16-10(20-13)6-8-2-4-9(14)5-3-8;1-3-2/h2-5,19H,6,15H2,1H3;3H,1H2,2H3/b12-11+;. The molecule has 23 heavy (non-hydrogen) atoms. The molecule has 0 aliphatic heterocycles.